The van der Waals surface area contributed by atoms with Crippen LogP contribution in [0.2, 0.25) is 0 Å². The highest BCUT2D eigenvalue weighted by atomic mass is 19.1. The maximum atomic E-state index is 13.2. The van der Waals surface area contributed by atoms with Gasteiger partial charge in [0.1, 0.15) is 12.4 Å². The summed E-state index contributed by atoms with van der Waals surface area (Å²) in [6.45, 7) is 1.85. The van der Waals surface area contributed by atoms with Gasteiger partial charge in [0.05, 0.1) is 5.56 Å². The van der Waals surface area contributed by atoms with Crippen molar-refractivity contribution in [3.63, 3.8) is 0 Å². The summed E-state index contributed by atoms with van der Waals surface area (Å²) in [7, 11) is 0. The van der Waals surface area contributed by atoms with Crippen LogP contribution >= 0.6 is 0 Å². The number of halogens is 1. The Balaban J connectivity index is 2.16. The summed E-state index contributed by atoms with van der Waals surface area (Å²) >= 11 is 0. The summed E-state index contributed by atoms with van der Waals surface area (Å²) in [6, 6.07) is 4.08. The second kappa shape index (κ2) is 6.53. The van der Waals surface area contributed by atoms with E-state index in [0.717, 1.165) is 19.3 Å². The van der Waals surface area contributed by atoms with Gasteiger partial charge in [0.25, 0.3) is 5.91 Å². The molecule has 1 aromatic rings. The molecule has 0 heterocycles. The van der Waals surface area contributed by atoms with Crippen LogP contribution in [0.4, 0.5) is 4.39 Å². The van der Waals surface area contributed by atoms with Gasteiger partial charge in [-0.15, -0.1) is 0 Å². The molecule has 0 radical (unpaired) electrons. The Bertz CT molecular complexity index is 559. The third kappa shape index (κ3) is 3.58. The van der Waals surface area contributed by atoms with Crippen LogP contribution in [0.3, 0.4) is 0 Å². The molecule has 1 saturated carbocycles. The fourth-order valence-corrected chi connectivity index (χ4v) is 2.55. The van der Waals surface area contributed by atoms with Gasteiger partial charge in [-0.25, -0.2) is 4.39 Å². The van der Waals surface area contributed by atoms with E-state index < -0.39 is 5.82 Å². The van der Waals surface area contributed by atoms with Crippen molar-refractivity contribution in [3.05, 3.63) is 35.1 Å². The number of hydrogen-bond donors (Lipinski definition) is 2. The fraction of sp³-hybridized carbons (Fsp3) is 0.438. The standard InChI is InChI=1S/C16H18FNO2/c1-11-4-6-14(9-11)18-16(20)15-7-5-13(17)10-12(15)3-2-8-19/h5,7,10-11,14,19H,4,6,8-9H2,1H3,(H,18,20). The molecule has 2 rings (SSSR count). The minimum absolute atomic E-state index is 0.182. The number of carbonyl (C=O) groups excluding carboxylic acids is 1. The highest BCUT2D eigenvalue weighted by Crippen LogP contribution is 2.25. The maximum Gasteiger partial charge on any atom is 0.252 e. The van der Waals surface area contributed by atoms with Crippen molar-refractivity contribution in [2.75, 3.05) is 6.61 Å². The number of hydrogen-bond acceptors (Lipinski definition) is 2. The van der Waals surface area contributed by atoms with E-state index in [-0.39, 0.29) is 18.6 Å². The monoisotopic (exact) mass is 275 g/mol. The minimum Gasteiger partial charge on any atom is -0.384 e. The van der Waals surface area contributed by atoms with Crippen molar-refractivity contribution in [3.8, 4) is 11.8 Å². The average molecular weight is 275 g/mol. The van der Waals surface area contributed by atoms with Crippen molar-refractivity contribution in [1.82, 2.24) is 5.32 Å². The van der Waals surface area contributed by atoms with Crippen molar-refractivity contribution in [1.29, 1.82) is 0 Å². The minimum atomic E-state index is -0.446. The smallest absolute Gasteiger partial charge is 0.252 e. The van der Waals surface area contributed by atoms with E-state index in [0.29, 0.717) is 17.0 Å². The second-order valence-electron chi connectivity index (χ2n) is 5.24. The van der Waals surface area contributed by atoms with Gasteiger partial charge in [-0.1, -0.05) is 18.8 Å². The first kappa shape index (κ1) is 14.5. The molecule has 0 spiro atoms. The zero-order valence-electron chi connectivity index (χ0n) is 11.4. The molecule has 1 aliphatic rings. The van der Waals surface area contributed by atoms with E-state index >= 15 is 0 Å². The summed E-state index contributed by atoms with van der Waals surface area (Å²) in [5.74, 6) is 5.01. The number of nitrogens with one attached hydrogen (secondary N) is 1. The normalized spacial score (nSPS) is 21.1. The van der Waals surface area contributed by atoms with Gasteiger partial charge in [0.2, 0.25) is 0 Å². The molecular formula is C16H18FNO2. The van der Waals surface area contributed by atoms with Gasteiger partial charge in [-0.05, 0) is 43.4 Å². The molecule has 2 unspecified atom stereocenters. The Morgan fingerprint density at radius 3 is 2.95 bits per heavy atom. The van der Waals surface area contributed by atoms with Crippen LogP contribution in [-0.4, -0.2) is 23.7 Å². The number of carbonyl (C=O) groups is 1. The summed E-state index contributed by atoms with van der Waals surface area (Å²) in [4.78, 5) is 12.2. The first-order valence-corrected chi connectivity index (χ1v) is 6.80. The van der Waals surface area contributed by atoms with E-state index in [1.165, 1.54) is 18.2 Å². The van der Waals surface area contributed by atoms with E-state index in [1.54, 1.807) is 0 Å². The molecule has 1 fully saturated rings. The van der Waals surface area contributed by atoms with Gasteiger partial charge < -0.3 is 10.4 Å². The quantitative estimate of drug-likeness (QED) is 0.812. The molecular weight excluding hydrogens is 257 g/mol. The number of benzene rings is 1. The fourth-order valence-electron chi connectivity index (χ4n) is 2.55. The van der Waals surface area contributed by atoms with Crippen LogP contribution in [0.5, 0.6) is 0 Å². The van der Waals surface area contributed by atoms with Crippen molar-refractivity contribution < 1.29 is 14.3 Å². The van der Waals surface area contributed by atoms with Crippen LogP contribution in [0.1, 0.15) is 42.1 Å². The van der Waals surface area contributed by atoms with Crippen LogP contribution in [0.15, 0.2) is 18.2 Å². The lowest BCUT2D eigenvalue weighted by Crippen LogP contribution is -2.33. The predicted octanol–water partition coefficient (Wildman–Crippen LogP) is 2.09. The van der Waals surface area contributed by atoms with Crippen LogP contribution in [0.25, 0.3) is 0 Å². The van der Waals surface area contributed by atoms with Gasteiger partial charge in [-0.2, -0.15) is 0 Å². The summed E-state index contributed by atoms with van der Waals surface area (Å²) in [6.07, 6.45) is 3.07. The topological polar surface area (TPSA) is 49.3 Å². The second-order valence-corrected chi connectivity index (χ2v) is 5.24. The molecule has 0 saturated heterocycles. The first-order valence-electron chi connectivity index (χ1n) is 6.80. The molecule has 1 aromatic carbocycles. The first-order chi connectivity index (χ1) is 9.60. The van der Waals surface area contributed by atoms with Crippen LogP contribution in [0, 0.1) is 23.6 Å². The van der Waals surface area contributed by atoms with E-state index in [4.69, 9.17) is 5.11 Å². The van der Waals surface area contributed by atoms with Crippen molar-refractivity contribution in [2.45, 2.75) is 32.2 Å². The molecule has 0 aliphatic heterocycles. The van der Waals surface area contributed by atoms with Gasteiger partial charge in [0.15, 0.2) is 0 Å². The van der Waals surface area contributed by atoms with Gasteiger partial charge in [-0.3, -0.25) is 4.79 Å². The zero-order valence-corrected chi connectivity index (χ0v) is 11.4. The number of aliphatic hydroxyl groups excluding tert-OH is 1. The molecule has 4 heteroatoms. The molecule has 106 valence electrons. The van der Waals surface area contributed by atoms with Gasteiger partial charge >= 0.3 is 0 Å². The van der Waals surface area contributed by atoms with Crippen molar-refractivity contribution >= 4 is 5.91 Å². The molecule has 0 aromatic heterocycles. The highest BCUT2D eigenvalue weighted by Gasteiger charge is 2.23. The van der Waals surface area contributed by atoms with Crippen LogP contribution in [-0.2, 0) is 0 Å². The van der Waals surface area contributed by atoms with E-state index in [2.05, 4.69) is 24.1 Å². The molecule has 0 bridgehead atoms. The lowest BCUT2D eigenvalue weighted by molar-refractivity contribution is 0.0937. The molecule has 2 N–H and O–H groups in total. The SMILES string of the molecule is CC1CCC(NC(=O)c2ccc(F)cc2C#CCO)C1. The number of amides is 1. The Hall–Kier alpha value is -1.86. The van der Waals surface area contributed by atoms with Gasteiger partial charge in [0, 0.05) is 11.6 Å². The Labute approximate surface area is 118 Å². The molecule has 2 atom stereocenters. The largest absolute Gasteiger partial charge is 0.384 e. The predicted molar refractivity (Wildman–Crippen MR) is 74.6 cm³/mol. The third-order valence-electron chi connectivity index (χ3n) is 3.56. The lowest BCUT2D eigenvalue weighted by Gasteiger charge is -2.13. The van der Waals surface area contributed by atoms with Crippen LogP contribution < -0.4 is 5.32 Å². The molecule has 1 amide bonds. The van der Waals surface area contributed by atoms with E-state index in [9.17, 15) is 9.18 Å². The number of aliphatic hydroxyl groups is 1. The summed E-state index contributed by atoms with van der Waals surface area (Å²) in [5.41, 5.74) is 0.662. The summed E-state index contributed by atoms with van der Waals surface area (Å²) < 4.78 is 13.2. The zero-order chi connectivity index (χ0) is 14.5. The van der Waals surface area contributed by atoms with Crippen molar-refractivity contribution in [2.24, 2.45) is 5.92 Å². The van der Waals surface area contributed by atoms with E-state index in [1.807, 2.05) is 0 Å². The highest BCUT2D eigenvalue weighted by molar-refractivity contribution is 5.96. The Kier molecular flexibility index (Phi) is 4.75. The molecule has 3 nitrogen and oxygen atoms in total. The lowest BCUT2D eigenvalue weighted by atomic mass is 10.1. The Morgan fingerprint density at radius 2 is 2.30 bits per heavy atom. The number of rotatable bonds is 2. The third-order valence-corrected chi connectivity index (χ3v) is 3.56. The Morgan fingerprint density at radius 1 is 1.50 bits per heavy atom. The summed E-state index contributed by atoms with van der Waals surface area (Å²) in [5, 5.41) is 11.7. The average Bonchev–Trinajstić information content (AvgIpc) is 2.81. The maximum absolute atomic E-state index is 13.2. The molecule has 1 aliphatic carbocycles. The molecule has 20 heavy (non-hydrogen) atoms.